The first-order chi connectivity index (χ1) is 6.05. The highest BCUT2D eigenvalue weighted by molar-refractivity contribution is 7.91. The van der Waals surface area contributed by atoms with E-state index < -0.39 is 9.84 Å². The van der Waals surface area contributed by atoms with Gasteiger partial charge in [-0.05, 0) is 19.8 Å². The van der Waals surface area contributed by atoms with Gasteiger partial charge in [0.25, 0.3) is 0 Å². The Morgan fingerprint density at radius 3 is 2.85 bits per heavy atom. The smallest absolute Gasteiger partial charge is 0.150 e. The summed E-state index contributed by atoms with van der Waals surface area (Å²) in [7, 11) is -2.81. The lowest BCUT2D eigenvalue weighted by Crippen LogP contribution is -2.32. The first-order valence-electron chi connectivity index (χ1n) is 4.52. The van der Waals surface area contributed by atoms with Crippen LogP contribution in [0.25, 0.3) is 0 Å². The van der Waals surface area contributed by atoms with Crippen molar-refractivity contribution in [2.45, 2.75) is 25.9 Å². The number of hydrogen-bond donors (Lipinski definition) is 0. The van der Waals surface area contributed by atoms with E-state index in [0.717, 1.165) is 12.8 Å². The highest BCUT2D eigenvalue weighted by Crippen LogP contribution is 2.23. The molecule has 1 heterocycles. The van der Waals surface area contributed by atoms with E-state index in [2.05, 4.69) is 6.58 Å². The molecule has 3 nitrogen and oxygen atoms in total. The molecule has 1 fully saturated rings. The van der Waals surface area contributed by atoms with Crippen molar-refractivity contribution >= 4 is 9.84 Å². The van der Waals surface area contributed by atoms with Crippen LogP contribution in [0.1, 0.15) is 19.8 Å². The maximum Gasteiger partial charge on any atom is 0.150 e. The molecule has 76 valence electrons. The van der Waals surface area contributed by atoms with Crippen LogP contribution >= 0.6 is 0 Å². The molecule has 0 saturated carbocycles. The van der Waals surface area contributed by atoms with E-state index in [-0.39, 0.29) is 17.8 Å². The van der Waals surface area contributed by atoms with Crippen LogP contribution in [0.3, 0.4) is 0 Å². The molecule has 1 rings (SSSR count). The summed E-state index contributed by atoms with van der Waals surface area (Å²) in [5.74, 6) is 0.739. The molecule has 2 unspecified atom stereocenters. The summed E-state index contributed by atoms with van der Waals surface area (Å²) in [5, 5.41) is 0. The molecular weight excluding hydrogens is 188 g/mol. The predicted octanol–water partition coefficient (Wildman–Crippen LogP) is 1.36. The van der Waals surface area contributed by atoms with Crippen LogP contribution in [0.4, 0.5) is 0 Å². The normalized spacial score (nSPS) is 29.2. The van der Waals surface area contributed by atoms with Crippen molar-refractivity contribution in [2.75, 3.05) is 11.5 Å². The first kappa shape index (κ1) is 10.6. The second kappa shape index (κ2) is 4.13. The summed E-state index contributed by atoms with van der Waals surface area (Å²) in [6.45, 7) is 5.36. The van der Waals surface area contributed by atoms with E-state index in [9.17, 15) is 8.42 Å². The monoisotopic (exact) mass is 204 g/mol. The third-order valence-corrected chi connectivity index (χ3v) is 4.32. The number of sulfone groups is 1. The molecule has 4 heteroatoms. The Labute approximate surface area is 79.7 Å². The van der Waals surface area contributed by atoms with E-state index in [4.69, 9.17) is 4.74 Å². The van der Waals surface area contributed by atoms with Crippen molar-refractivity contribution in [2.24, 2.45) is 5.92 Å². The molecule has 0 aromatic rings. The summed E-state index contributed by atoms with van der Waals surface area (Å²) >= 11 is 0. The van der Waals surface area contributed by atoms with Crippen molar-refractivity contribution in [1.29, 1.82) is 0 Å². The molecule has 0 aromatic heterocycles. The second-order valence-electron chi connectivity index (χ2n) is 3.52. The Hall–Kier alpha value is -0.510. The van der Waals surface area contributed by atoms with Crippen LogP contribution in [0.5, 0.6) is 0 Å². The fourth-order valence-corrected chi connectivity index (χ4v) is 3.55. The van der Waals surface area contributed by atoms with E-state index in [1.54, 1.807) is 0 Å². The van der Waals surface area contributed by atoms with Gasteiger partial charge in [0.15, 0.2) is 9.84 Å². The van der Waals surface area contributed by atoms with E-state index in [0.29, 0.717) is 5.75 Å². The molecule has 0 amide bonds. The Kier molecular flexibility index (Phi) is 3.36. The zero-order valence-electron chi connectivity index (χ0n) is 7.90. The maximum absolute atomic E-state index is 11.3. The molecule has 1 saturated heterocycles. The predicted molar refractivity (Wildman–Crippen MR) is 52.1 cm³/mol. The second-order valence-corrected chi connectivity index (χ2v) is 5.75. The molecule has 0 spiro atoms. The van der Waals surface area contributed by atoms with Gasteiger partial charge in [-0.1, -0.05) is 6.58 Å². The zero-order chi connectivity index (χ0) is 9.90. The van der Waals surface area contributed by atoms with Crippen molar-refractivity contribution < 1.29 is 13.2 Å². The van der Waals surface area contributed by atoms with Gasteiger partial charge in [-0.3, -0.25) is 0 Å². The van der Waals surface area contributed by atoms with Gasteiger partial charge in [-0.15, -0.1) is 0 Å². The first-order valence-corrected chi connectivity index (χ1v) is 6.34. The molecular formula is C9H16O3S. The third-order valence-electron chi connectivity index (χ3n) is 2.47. The molecule has 13 heavy (non-hydrogen) atoms. The lowest BCUT2D eigenvalue weighted by Gasteiger charge is -2.26. The highest BCUT2D eigenvalue weighted by atomic mass is 32.2. The fraction of sp³-hybridized carbons (Fsp3) is 0.778. The minimum atomic E-state index is -2.81. The highest BCUT2D eigenvalue weighted by Gasteiger charge is 2.29. The Bertz CT molecular complexity index is 269. The van der Waals surface area contributed by atoms with Gasteiger partial charge in [-0.2, -0.15) is 0 Å². The van der Waals surface area contributed by atoms with Crippen molar-refractivity contribution in [1.82, 2.24) is 0 Å². The van der Waals surface area contributed by atoms with Gasteiger partial charge in [0.2, 0.25) is 0 Å². The molecule has 0 N–H and O–H groups in total. The molecule has 1 aliphatic rings. The van der Waals surface area contributed by atoms with Crippen LogP contribution in [0.2, 0.25) is 0 Å². The summed E-state index contributed by atoms with van der Waals surface area (Å²) in [5.41, 5.74) is 0. The molecule has 2 atom stereocenters. The SMILES string of the molecule is C=COC(C)C1CCCS(=O)(=O)C1. The average molecular weight is 204 g/mol. The van der Waals surface area contributed by atoms with Crippen LogP contribution in [-0.2, 0) is 14.6 Å². The Balaban J connectivity index is 2.56. The number of rotatable bonds is 3. The van der Waals surface area contributed by atoms with Crippen LogP contribution < -0.4 is 0 Å². The van der Waals surface area contributed by atoms with Gasteiger partial charge in [-0.25, -0.2) is 8.42 Å². The van der Waals surface area contributed by atoms with Gasteiger partial charge in [0, 0.05) is 5.92 Å². The zero-order valence-corrected chi connectivity index (χ0v) is 8.72. The van der Waals surface area contributed by atoms with Crippen molar-refractivity contribution in [3.05, 3.63) is 12.8 Å². The number of ether oxygens (including phenoxy) is 1. The van der Waals surface area contributed by atoms with Crippen molar-refractivity contribution in [3.8, 4) is 0 Å². The van der Waals surface area contributed by atoms with E-state index in [1.165, 1.54) is 6.26 Å². The molecule has 0 radical (unpaired) electrons. The van der Waals surface area contributed by atoms with Gasteiger partial charge < -0.3 is 4.74 Å². The van der Waals surface area contributed by atoms with Gasteiger partial charge in [0.1, 0.15) is 0 Å². The van der Waals surface area contributed by atoms with Crippen LogP contribution in [0, 0.1) is 5.92 Å². The lowest BCUT2D eigenvalue weighted by molar-refractivity contribution is 0.106. The third kappa shape index (κ3) is 3.03. The van der Waals surface area contributed by atoms with Crippen LogP contribution in [0.15, 0.2) is 12.8 Å². The topological polar surface area (TPSA) is 43.4 Å². The largest absolute Gasteiger partial charge is 0.499 e. The summed E-state index contributed by atoms with van der Waals surface area (Å²) < 4.78 is 27.8. The van der Waals surface area contributed by atoms with E-state index in [1.807, 2.05) is 6.92 Å². The van der Waals surface area contributed by atoms with Crippen molar-refractivity contribution in [3.63, 3.8) is 0 Å². The quantitative estimate of drug-likeness (QED) is 0.652. The van der Waals surface area contributed by atoms with E-state index >= 15 is 0 Å². The molecule has 1 aliphatic heterocycles. The summed E-state index contributed by atoms with van der Waals surface area (Å²) in [6, 6.07) is 0. The maximum atomic E-state index is 11.3. The van der Waals surface area contributed by atoms with Crippen LogP contribution in [-0.4, -0.2) is 26.0 Å². The number of hydrogen-bond acceptors (Lipinski definition) is 3. The average Bonchev–Trinajstić information content (AvgIpc) is 2.03. The van der Waals surface area contributed by atoms with Gasteiger partial charge >= 0.3 is 0 Å². The summed E-state index contributed by atoms with van der Waals surface area (Å²) in [4.78, 5) is 0. The minimum absolute atomic E-state index is 0.0347. The minimum Gasteiger partial charge on any atom is -0.499 e. The Morgan fingerprint density at radius 2 is 2.31 bits per heavy atom. The van der Waals surface area contributed by atoms with Gasteiger partial charge in [0.05, 0.1) is 23.9 Å². The standard InChI is InChI=1S/C9H16O3S/c1-3-12-8(2)9-5-4-6-13(10,11)7-9/h3,8-9H,1,4-7H2,2H3. The fourth-order valence-electron chi connectivity index (χ4n) is 1.69. The summed E-state index contributed by atoms with van der Waals surface area (Å²) in [6.07, 6.45) is 3.05. The molecule has 0 aliphatic carbocycles. The Morgan fingerprint density at radius 1 is 1.62 bits per heavy atom. The molecule has 0 bridgehead atoms. The lowest BCUT2D eigenvalue weighted by atomic mass is 10.00. The molecule has 0 aromatic carbocycles.